The number of carbonyl (C=O) groups is 1. The monoisotopic (exact) mass is 376 g/mol. The van der Waals surface area contributed by atoms with Gasteiger partial charge < -0.3 is 15.8 Å². The summed E-state index contributed by atoms with van der Waals surface area (Å²) in [5.41, 5.74) is 10.0. The van der Waals surface area contributed by atoms with Gasteiger partial charge in [-0.05, 0) is 67.1 Å². The van der Waals surface area contributed by atoms with Gasteiger partial charge in [0.15, 0.2) is 6.10 Å². The van der Waals surface area contributed by atoms with E-state index in [4.69, 9.17) is 10.5 Å². The second-order valence-corrected chi connectivity index (χ2v) is 6.72. The second kappa shape index (κ2) is 10.1. The van der Waals surface area contributed by atoms with Gasteiger partial charge in [-0.1, -0.05) is 32.0 Å². The lowest BCUT2D eigenvalue weighted by Crippen LogP contribution is -2.37. The number of rotatable bonds is 7. The molecule has 5 heteroatoms. The van der Waals surface area contributed by atoms with Gasteiger partial charge in [0.1, 0.15) is 5.75 Å². The number of nitrogens with one attached hydrogen (secondary N) is 1. The number of anilines is 1. The number of amides is 1. The Morgan fingerprint density at radius 3 is 2.35 bits per heavy atom. The van der Waals surface area contributed by atoms with Crippen LogP contribution >= 0.6 is 12.4 Å². The summed E-state index contributed by atoms with van der Waals surface area (Å²) in [6, 6.07) is 13.7. The molecule has 0 fully saturated rings. The molecule has 2 rings (SSSR count). The third kappa shape index (κ3) is 6.26. The van der Waals surface area contributed by atoms with Crippen molar-refractivity contribution in [2.24, 2.45) is 0 Å². The van der Waals surface area contributed by atoms with Crippen LogP contribution in [-0.4, -0.2) is 18.6 Å². The predicted molar refractivity (Wildman–Crippen MR) is 110 cm³/mol. The van der Waals surface area contributed by atoms with Crippen molar-refractivity contribution in [3.05, 3.63) is 59.2 Å². The van der Waals surface area contributed by atoms with Crippen molar-refractivity contribution >= 4 is 24.0 Å². The molecular weight excluding hydrogens is 348 g/mol. The first-order chi connectivity index (χ1) is 11.9. The van der Waals surface area contributed by atoms with Crippen LogP contribution in [0.4, 0.5) is 5.69 Å². The molecule has 0 radical (unpaired) electrons. The molecule has 0 saturated heterocycles. The van der Waals surface area contributed by atoms with Crippen LogP contribution < -0.4 is 15.8 Å². The van der Waals surface area contributed by atoms with E-state index in [-0.39, 0.29) is 18.3 Å². The molecule has 2 aromatic rings. The summed E-state index contributed by atoms with van der Waals surface area (Å²) in [4.78, 5) is 12.2. The van der Waals surface area contributed by atoms with Gasteiger partial charge in [-0.3, -0.25) is 4.79 Å². The lowest BCUT2D eigenvalue weighted by Gasteiger charge is -2.17. The molecule has 0 aliphatic rings. The van der Waals surface area contributed by atoms with Crippen LogP contribution in [0, 0.1) is 6.92 Å². The normalized spacial score (nSPS) is 11.6. The molecule has 0 aliphatic heterocycles. The van der Waals surface area contributed by atoms with Crippen LogP contribution in [0.15, 0.2) is 42.5 Å². The molecule has 142 valence electrons. The Bertz CT molecular complexity index is 714. The fourth-order valence-electron chi connectivity index (χ4n) is 2.79. The van der Waals surface area contributed by atoms with Crippen LogP contribution in [0.1, 0.15) is 43.4 Å². The highest BCUT2D eigenvalue weighted by Gasteiger charge is 2.15. The zero-order chi connectivity index (χ0) is 18.4. The van der Waals surface area contributed by atoms with Crippen molar-refractivity contribution < 1.29 is 9.53 Å². The van der Waals surface area contributed by atoms with E-state index in [9.17, 15) is 4.79 Å². The average molecular weight is 377 g/mol. The highest BCUT2D eigenvalue weighted by Crippen LogP contribution is 2.24. The smallest absolute Gasteiger partial charge is 0.260 e. The number of nitrogen functional groups attached to an aromatic ring is 1. The van der Waals surface area contributed by atoms with Crippen LogP contribution in [-0.2, 0) is 11.2 Å². The highest BCUT2D eigenvalue weighted by atomic mass is 35.5. The van der Waals surface area contributed by atoms with Crippen molar-refractivity contribution in [2.75, 3.05) is 12.3 Å². The van der Waals surface area contributed by atoms with Gasteiger partial charge in [0.05, 0.1) is 0 Å². The third-order valence-corrected chi connectivity index (χ3v) is 4.24. The minimum atomic E-state index is -0.532. The van der Waals surface area contributed by atoms with Crippen molar-refractivity contribution in [3.8, 4) is 5.75 Å². The first-order valence-electron chi connectivity index (χ1n) is 8.76. The maximum Gasteiger partial charge on any atom is 0.260 e. The van der Waals surface area contributed by atoms with Gasteiger partial charge in [0.25, 0.3) is 5.91 Å². The van der Waals surface area contributed by atoms with Crippen LogP contribution in [0.25, 0.3) is 0 Å². The lowest BCUT2D eigenvalue weighted by molar-refractivity contribution is -0.127. The first kappa shape index (κ1) is 21.8. The first-order valence-corrected chi connectivity index (χ1v) is 8.76. The Morgan fingerprint density at radius 1 is 1.12 bits per heavy atom. The standard InChI is InChI=1S/C21H28N2O2.ClH/c1-14(2)20-10-9-19(13-15(20)3)25-16(4)21(24)23-12-11-17-5-7-18(22)8-6-17;/h5-10,13-14,16H,11-12,22H2,1-4H3,(H,23,24);1H. The molecule has 0 aromatic heterocycles. The Kier molecular flexibility index (Phi) is 8.46. The van der Waals surface area contributed by atoms with E-state index in [0.717, 1.165) is 23.4 Å². The van der Waals surface area contributed by atoms with E-state index < -0.39 is 6.10 Å². The summed E-state index contributed by atoms with van der Waals surface area (Å²) >= 11 is 0. The predicted octanol–water partition coefficient (Wildman–Crippen LogP) is 4.25. The maximum atomic E-state index is 12.2. The molecule has 0 heterocycles. The number of carbonyl (C=O) groups excluding carboxylic acids is 1. The van der Waals surface area contributed by atoms with Crippen molar-refractivity contribution in [3.63, 3.8) is 0 Å². The molecule has 4 nitrogen and oxygen atoms in total. The molecule has 1 amide bonds. The fraction of sp³-hybridized carbons (Fsp3) is 0.381. The summed E-state index contributed by atoms with van der Waals surface area (Å²) in [5, 5.41) is 2.91. The van der Waals surface area contributed by atoms with E-state index in [2.05, 4.69) is 32.2 Å². The minimum Gasteiger partial charge on any atom is -0.481 e. The number of ether oxygens (including phenoxy) is 1. The molecular formula is C21H29ClN2O2. The molecule has 0 bridgehead atoms. The quantitative estimate of drug-likeness (QED) is 0.710. The van der Waals surface area contributed by atoms with E-state index in [0.29, 0.717) is 12.5 Å². The molecule has 3 N–H and O–H groups in total. The molecule has 1 unspecified atom stereocenters. The van der Waals surface area contributed by atoms with Gasteiger partial charge in [0, 0.05) is 12.2 Å². The summed E-state index contributed by atoms with van der Waals surface area (Å²) in [6.07, 6.45) is 0.233. The third-order valence-electron chi connectivity index (χ3n) is 4.24. The van der Waals surface area contributed by atoms with Crippen LogP contribution in [0.2, 0.25) is 0 Å². The van der Waals surface area contributed by atoms with Crippen LogP contribution in [0.3, 0.4) is 0 Å². The maximum absolute atomic E-state index is 12.2. The Morgan fingerprint density at radius 2 is 1.77 bits per heavy atom. The molecule has 0 spiro atoms. The van der Waals surface area contributed by atoms with Gasteiger partial charge in [-0.2, -0.15) is 0 Å². The molecule has 0 saturated carbocycles. The van der Waals surface area contributed by atoms with Crippen LogP contribution in [0.5, 0.6) is 5.75 Å². The summed E-state index contributed by atoms with van der Waals surface area (Å²) in [6.45, 7) is 8.74. The van der Waals surface area contributed by atoms with E-state index in [1.165, 1.54) is 11.1 Å². The van der Waals surface area contributed by atoms with Crippen molar-refractivity contribution in [1.82, 2.24) is 5.32 Å². The number of halogens is 1. The Labute approximate surface area is 162 Å². The van der Waals surface area contributed by atoms with Gasteiger partial charge in [0.2, 0.25) is 0 Å². The Balaban J connectivity index is 0.00000338. The van der Waals surface area contributed by atoms with Gasteiger partial charge in [-0.15, -0.1) is 12.4 Å². The minimum absolute atomic E-state index is 0. The van der Waals surface area contributed by atoms with Crippen molar-refractivity contribution in [1.29, 1.82) is 0 Å². The molecule has 2 aromatic carbocycles. The number of benzene rings is 2. The topological polar surface area (TPSA) is 64.3 Å². The van der Waals surface area contributed by atoms with Gasteiger partial charge in [-0.25, -0.2) is 0 Å². The number of aryl methyl sites for hydroxylation is 1. The lowest BCUT2D eigenvalue weighted by atomic mass is 9.98. The summed E-state index contributed by atoms with van der Waals surface area (Å²) in [5.74, 6) is 1.09. The number of hydrogen-bond acceptors (Lipinski definition) is 3. The summed E-state index contributed by atoms with van der Waals surface area (Å²) in [7, 11) is 0. The summed E-state index contributed by atoms with van der Waals surface area (Å²) < 4.78 is 5.78. The fourth-order valence-corrected chi connectivity index (χ4v) is 2.79. The molecule has 26 heavy (non-hydrogen) atoms. The Hall–Kier alpha value is -2.20. The van der Waals surface area contributed by atoms with Crippen molar-refractivity contribution in [2.45, 2.75) is 46.1 Å². The zero-order valence-electron chi connectivity index (χ0n) is 15.9. The van der Waals surface area contributed by atoms with E-state index in [1.54, 1.807) is 6.92 Å². The number of nitrogens with two attached hydrogens (primary N) is 1. The SMILES string of the molecule is Cc1cc(OC(C)C(=O)NCCc2ccc(N)cc2)ccc1C(C)C.Cl. The highest BCUT2D eigenvalue weighted by molar-refractivity contribution is 5.85. The zero-order valence-corrected chi connectivity index (χ0v) is 16.7. The molecule has 0 aliphatic carbocycles. The largest absolute Gasteiger partial charge is 0.481 e. The van der Waals surface area contributed by atoms with E-state index >= 15 is 0 Å². The molecule has 1 atom stereocenters. The number of hydrogen-bond donors (Lipinski definition) is 2. The van der Waals surface area contributed by atoms with Gasteiger partial charge >= 0.3 is 0 Å². The average Bonchev–Trinajstić information content (AvgIpc) is 2.56. The second-order valence-electron chi connectivity index (χ2n) is 6.72. The van der Waals surface area contributed by atoms with E-state index in [1.807, 2.05) is 36.4 Å².